The molecule has 1 heterocycles. The van der Waals surface area contributed by atoms with Gasteiger partial charge in [-0.3, -0.25) is 14.9 Å². The molecule has 3 aromatic rings. The number of nitro benzene ring substituents is 1. The second kappa shape index (κ2) is 11.4. The maximum atomic E-state index is 12.6. The molecule has 172 valence electrons. The first-order chi connectivity index (χ1) is 15.9. The summed E-state index contributed by atoms with van der Waals surface area (Å²) in [5.74, 6) is -0.327. The van der Waals surface area contributed by atoms with Gasteiger partial charge < -0.3 is 14.6 Å². The van der Waals surface area contributed by atoms with E-state index in [2.05, 4.69) is 15.5 Å². The molecule has 0 saturated carbocycles. The molecular weight excluding hydrogens is 472 g/mol. The molecule has 0 fully saturated rings. The van der Waals surface area contributed by atoms with Crippen molar-refractivity contribution in [1.82, 2.24) is 15.5 Å². The number of rotatable bonds is 10. The number of nitrogens with one attached hydrogen (secondary N) is 1. The highest BCUT2D eigenvalue weighted by Gasteiger charge is 2.24. The number of esters is 1. The standard InChI is InChI=1S/C21H19ClN4O6S/c1-33-10-9-17(23-20(27)14-3-2-4-16(11-14)26(29)30)21(28)31-12-18-24-19(25-32-18)13-5-7-15(22)8-6-13/h2-8,11,17H,9-10,12H2,1H3,(H,23,27). The van der Waals surface area contributed by atoms with Gasteiger partial charge in [-0.1, -0.05) is 22.8 Å². The summed E-state index contributed by atoms with van der Waals surface area (Å²) in [6, 6.07) is 11.1. The van der Waals surface area contributed by atoms with E-state index in [1.165, 1.54) is 30.0 Å². The van der Waals surface area contributed by atoms with Gasteiger partial charge in [0.1, 0.15) is 6.04 Å². The summed E-state index contributed by atoms with van der Waals surface area (Å²) in [6.45, 7) is -0.276. The molecule has 1 atom stereocenters. The summed E-state index contributed by atoms with van der Waals surface area (Å²) < 4.78 is 10.4. The van der Waals surface area contributed by atoms with E-state index in [-0.39, 0.29) is 23.7 Å². The van der Waals surface area contributed by atoms with Gasteiger partial charge in [-0.05, 0) is 48.8 Å². The molecule has 0 radical (unpaired) electrons. The molecule has 0 spiro atoms. The number of non-ortho nitro benzene ring substituents is 1. The molecule has 1 unspecified atom stereocenters. The van der Waals surface area contributed by atoms with E-state index in [9.17, 15) is 19.7 Å². The van der Waals surface area contributed by atoms with E-state index >= 15 is 0 Å². The number of carbonyl (C=O) groups excluding carboxylic acids is 2. The normalized spacial score (nSPS) is 11.6. The third-order valence-corrected chi connectivity index (χ3v) is 5.32. The number of nitrogens with zero attached hydrogens (tertiary/aromatic N) is 3. The average Bonchev–Trinajstić information content (AvgIpc) is 3.29. The van der Waals surface area contributed by atoms with Gasteiger partial charge in [0, 0.05) is 28.3 Å². The molecule has 0 aliphatic carbocycles. The van der Waals surface area contributed by atoms with Crippen LogP contribution in [0.3, 0.4) is 0 Å². The van der Waals surface area contributed by atoms with Crippen LogP contribution >= 0.6 is 23.4 Å². The fraction of sp³-hybridized carbons (Fsp3) is 0.238. The molecule has 1 N–H and O–H groups in total. The minimum atomic E-state index is -0.956. The Kier molecular flexibility index (Phi) is 8.39. The zero-order valence-electron chi connectivity index (χ0n) is 17.4. The number of hydrogen-bond acceptors (Lipinski definition) is 9. The SMILES string of the molecule is CSCCC(NC(=O)c1cccc([N+](=O)[O-])c1)C(=O)OCc1nc(-c2ccc(Cl)cc2)no1. The summed E-state index contributed by atoms with van der Waals surface area (Å²) in [5, 5.41) is 17.9. The predicted octanol–water partition coefficient (Wildman–Crippen LogP) is 3.89. The maximum Gasteiger partial charge on any atom is 0.329 e. The van der Waals surface area contributed by atoms with Gasteiger partial charge in [-0.15, -0.1) is 0 Å². The summed E-state index contributed by atoms with van der Waals surface area (Å²) >= 11 is 7.36. The lowest BCUT2D eigenvalue weighted by molar-refractivity contribution is -0.384. The number of carbonyl (C=O) groups is 2. The van der Waals surface area contributed by atoms with E-state index in [0.717, 1.165) is 6.07 Å². The molecule has 12 heteroatoms. The summed E-state index contributed by atoms with van der Waals surface area (Å²) in [4.78, 5) is 39.7. The number of nitro groups is 1. The third kappa shape index (κ3) is 6.77. The highest BCUT2D eigenvalue weighted by atomic mass is 35.5. The van der Waals surface area contributed by atoms with Gasteiger partial charge in [-0.2, -0.15) is 16.7 Å². The first-order valence-electron chi connectivity index (χ1n) is 9.67. The number of hydrogen-bond donors (Lipinski definition) is 1. The molecule has 0 bridgehead atoms. The van der Waals surface area contributed by atoms with Gasteiger partial charge in [-0.25, -0.2) is 4.79 Å². The molecular formula is C21H19ClN4O6S. The Morgan fingerprint density at radius 2 is 2.03 bits per heavy atom. The molecule has 0 saturated heterocycles. The van der Waals surface area contributed by atoms with Gasteiger partial charge in [0.25, 0.3) is 17.5 Å². The fourth-order valence-electron chi connectivity index (χ4n) is 2.75. The molecule has 2 aromatic carbocycles. The number of aromatic nitrogens is 2. The second-order valence-electron chi connectivity index (χ2n) is 6.74. The number of halogens is 1. The van der Waals surface area contributed by atoms with Crippen molar-refractivity contribution in [2.24, 2.45) is 0 Å². The number of thioether (sulfide) groups is 1. The van der Waals surface area contributed by atoms with E-state index in [1.807, 2.05) is 6.26 Å². The van der Waals surface area contributed by atoms with Crippen molar-refractivity contribution < 1.29 is 23.8 Å². The van der Waals surface area contributed by atoms with Crippen molar-refractivity contribution in [1.29, 1.82) is 0 Å². The molecule has 1 aromatic heterocycles. The molecule has 3 rings (SSSR count). The van der Waals surface area contributed by atoms with Crippen molar-refractivity contribution in [2.75, 3.05) is 12.0 Å². The van der Waals surface area contributed by atoms with Gasteiger partial charge in [0.05, 0.1) is 4.92 Å². The van der Waals surface area contributed by atoms with E-state index < -0.39 is 22.8 Å². The van der Waals surface area contributed by atoms with Gasteiger partial charge in [0.15, 0.2) is 6.61 Å². The van der Waals surface area contributed by atoms with Crippen molar-refractivity contribution in [3.63, 3.8) is 0 Å². The van der Waals surface area contributed by atoms with Crippen molar-refractivity contribution in [3.05, 3.63) is 75.1 Å². The zero-order valence-corrected chi connectivity index (χ0v) is 19.0. The van der Waals surface area contributed by atoms with Crippen molar-refractivity contribution in [2.45, 2.75) is 19.1 Å². The lowest BCUT2D eigenvalue weighted by atomic mass is 10.1. The molecule has 0 aliphatic rings. The first-order valence-corrected chi connectivity index (χ1v) is 11.4. The highest BCUT2D eigenvalue weighted by Crippen LogP contribution is 2.19. The Labute approximate surface area is 197 Å². The maximum absolute atomic E-state index is 12.6. The van der Waals surface area contributed by atoms with Gasteiger partial charge >= 0.3 is 5.97 Å². The molecule has 0 aliphatic heterocycles. The lowest BCUT2D eigenvalue weighted by Crippen LogP contribution is -2.42. The molecule has 1 amide bonds. The van der Waals surface area contributed by atoms with Crippen LogP contribution in [0.1, 0.15) is 22.7 Å². The Bertz CT molecular complexity index is 1140. The Morgan fingerprint density at radius 3 is 2.73 bits per heavy atom. The minimum Gasteiger partial charge on any atom is -0.454 e. The van der Waals surface area contributed by atoms with Gasteiger partial charge in [0.2, 0.25) is 5.82 Å². The number of benzene rings is 2. The summed E-state index contributed by atoms with van der Waals surface area (Å²) in [6.07, 6.45) is 2.17. The van der Waals surface area contributed by atoms with Crippen molar-refractivity contribution in [3.8, 4) is 11.4 Å². The van der Waals surface area contributed by atoms with Crippen LogP contribution in [0, 0.1) is 10.1 Å². The second-order valence-corrected chi connectivity index (χ2v) is 8.16. The average molecular weight is 491 g/mol. The Balaban J connectivity index is 1.63. The van der Waals surface area contributed by atoms with E-state index in [4.69, 9.17) is 20.9 Å². The highest BCUT2D eigenvalue weighted by molar-refractivity contribution is 7.98. The van der Waals surface area contributed by atoms with Crippen LogP contribution in [0.2, 0.25) is 5.02 Å². The quantitative estimate of drug-likeness (QED) is 0.255. The Morgan fingerprint density at radius 1 is 1.27 bits per heavy atom. The molecule has 33 heavy (non-hydrogen) atoms. The monoisotopic (exact) mass is 490 g/mol. The van der Waals surface area contributed by atoms with E-state index in [1.54, 1.807) is 24.3 Å². The van der Waals surface area contributed by atoms with Crippen LogP contribution in [0.15, 0.2) is 53.1 Å². The molecule has 10 nitrogen and oxygen atoms in total. The van der Waals surface area contributed by atoms with Crippen LogP contribution in [0.4, 0.5) is 5.69 Å². The lowest BCUT2D eigenvalue weighted by Gasteiger charge is -2.16. The predicted molar refractivity (Wildman–Crippen MR) is 122 cm³/mol. The summed E-state index contributed by atoms with van der Waals surface area (Å²) in [5.41, 5.74) is 0.525. The number of amides is 1. The van der Waals surface area contributed by atoms with Crippen molar-refractivity contribution >= 4 is 40.9 Å². The number of ether oxygens (including phenoxy) is 1. The summed E-state index contributed by atoms with van der Waals surface area (Å²) in [7, 11) is 0. The largest absolute Gasteiger partial charge is 0.454 e. The Hall–Kier alpha value is -3.44. The van der Waals surface area contributed by atoms with Crippen LogP contribution < -0.4 is 5.32 Å². The van der Waals surface area contributed by atoms with E-state index in [0.29, 0.717) is 28.6 Å². The third-order valence-electron chi connectivity index (χ3n) is 4.43. The van der Waals surface area contributed by atoms with Crippen LogP contribution in [-0.2, 0) is 16.1 Å². The first kappa shape index (κ1) is 24.2. The van der Waals surface area contributed by atoms with Crippen LogP contribution in [-0.4, -0.2) is 45.0 Å². The minimum absolute atomic E-state index is 0.0654. The topological polar surface area (TPSA) is 137 Å². The van der Waals surface area contributed by atoms with Crippen LogP contribution in [0.25, 0.3) is 11.4 Å². The fourth-order valence-corrected chi connectivity index (χ4v) is 3.35. The zero-order chi connectivity index (χ0) is 23.8. The smallest absolute Gasteiger partial charge is 0.329 e. The van der Waals surface area contributed by atoms with Crippen LogP contribution in [0.5, 0.6) is 0 Å².